The van der Waals surface area contributed by atoms with Crippen LogP contribution in [0.1, 0.15) is 31.9 Å². The quantitative estimate of drug-likeness (QED) is 0.556. The van der Waals surface area contributed by atoms with Crippen molar-refractivity contribution in [3.8, 4) is 0 Å². The first-order valence-electron chi connectivity index (χ1n) is 7.26. The summed E-state index contributed by atoms with van der Waals surface area (Å²) in [5.74, 6) is 0. The predicted molar refractivity (Wildman–Crippen MR) is 89.8 cm³/mol. The van der Waals surface area contributed by atoms with E-state index >= 15 is 0 Å². The number of sulfonamides is 1. The number of nitrogens with one attached hydrogen (secondary N) is 2. The third-order valence-electron chi connectivity index (χ3n) is 3.00. The molecule has 0 spiro atoms. The van der Waals surface area contributed by atoms with Gasteiger partial charge in [-0.1, -0.05) is 6.07 Å². The number of ether oxygens (including phenoxy) is 1. The Hall–Kier alpha value is -1.80. The topological polar surface area (TPSA) is 111 Å². The normalized spacial score (nSPS) is 12.0. The van der Waals surface area contributed by atoms with Crippen LogP contribution in [0, 0.1) is 13.8 Å². The van der Waals surface area contributed by atoms with Gasteiger partial charge in [0.15, 0.2) is 0 Å². The van der Waals surface area contributed by atoms with Crippen LogP contribution >= 0.6 is 0 Å². The second-order valence-corrected chi connectivity index (χ2v) is 7.96. The smallest absolute Gasteiger partial charge is 0.407 e. The molecular weight excluding hydrogens is 318 g/mol. The van der Waals surface area contributed by atoms with Gasteiger partial charge in [-0.25, -0.2) is 17.9 Å². The van der Waals surface area contributed by atoms with Crippen LogP contribution in [-0.4, -0.2) is 33.2 Å². The third kappa shape index (κ3) is 5.72. The number of amides is 1. The first kappa shape index (κ1) is 19.2. The number of aryl methyl sites for hydroxylation is 1. The van der Waals surface area contributed by atoms with Crippen molar-refractivity contribution < 1.29 is 17.9 Å². The highest BCUT2D eigenvalue weighted by molar-refractivity contribution is 7.89. The molecule has 8 heteroatoms. The van der Waals surface area contributed by atoms with E-state index < -0.39 is 21.7 Å². The first-order valence-corrected chi connectivity index (χ1v) is 8.74. The molecule has 0 aliphatic heterocycles. The first-order chi connectivity index (χ1) is 10.4. The summed E-state index contributed by atoms with van der Waals surface area (Å²) in [5.41, 5.74) is 6.72. The standard InChI is InChI=1S/C15H25N3O4S/c1-10-6-7-12(16)11(2)13(10)23(20,21)18-9-8-17-14(19)22-15(3,4)5/h6-7,18H,8-9,16H2,1-5H3,(H,17,19). The van der Waals surface area contributed by atoms with Gasteiger partial charge in [0.2, 0.25) is 10.0 Å². The molecule has 0 saturated carbocycles. The highest BCUT2D eigenvalue weighted by Crippen LogP contribution is 2.24. The molecule has 4 N–H and O–H groups in total. The van der Waals surface area contributed by atoms with Crippen LogP contribution in [0.25, 0.3) is 0 Å². The molecule has 1 rings (SSSR count). The fraction of sp³-hybridized carbons (Fsp3) is 0.533. The summed E-state index contributed by atoms with van der Waals surface area (Å²) >= 11 is 0. The maximum absolute atomic E-state index is 12.4. The summed E-state index contributed by atoms with van der Waals surface area (Å²) in [6.45, 7) is 8.79. The Kier molecular flexibility index (Phi) is 6.01. The van der Waals surface area contributed by atoms with E-state index in [4.69, 9.17) is 10.5 Å². The Bertz CT molecular complexity index is 679. The minimum atomic E-state index is -3.70. The van der Waals surface area contributed by atoms with Gasteiger partial charge in [-0.05, 0) is 51.8 Å². The lowest BCUT2D eigenvalue weighted by Gasteiger charge is -2.19. The summed E-state index contributed by atoms with van der Waals surface area (Å²) in [6.07, 6.45) is -0.590. The number of benzene rings is 1. The summed E-state index contributed by atoms with van der Waals surface area (Å²) in [6, 6.07) is 3.34. The lowest BCUT2D eigenvalue weighted by atomic mass is 10.1. The van der Waals surface area contributed by atoms with Gasteiger partial charge in [0.05, 0.1) is 4.90 Å². The molecule has 0 radical (unpaired) electrons. The molecule has 23 heavy (non-hydrogen) atoms. The average Bonchev–Trinajstić information content (AvgIpc) is 2.37. The minimum Gasteiger partial charge on any atom is -0.444 e. The van der Waals surface area contributed by atoms with Crippen molar-refractivity contribution >= 4 is 21.8 Å². The van der Waals surface area contributed by atoms with Crippen LogP contribution in [-0.2, 0) is 14.8 Å². The monoisotopic (exact) mass is 343 g/mol. The van der Waals surface area contributed by atoms with Gasteiger partial charge in [-0.15, -0.1) is 0 Å². The van der Waals surface area contributed by atoms with Crippen molar-refractivity contribution in [2.45, 2.75) is 45.1 Å². The van der Waals surface area contributed by atoms with Crippen molar-refractivity contribution in [3.63, 3.8) is 0 Å². The van der Waals surface area contributed by atoms with Crippen molar-refractivity contribution in [1.82, 2.24) is 10.0 Å². The average molecular weight is 343 g/mol. The molecule has 0 bridgehead atoms. The van der Waals surface area contributed by atoms with Crippen molar-refractivity contribution in [1.29, 1.82) is 0 Å². The molecule has 0 aromatic heterocycles. The number of rotatable bonds is 5. The largest absolute Gasteiger partial charge is 0.444 e. The summed E-state index contributed by atoms with van der Waals surface area (Å²) in [7, 11) is -3.70. The molecule has 0 heterocycles. The number of hydrogen-bond acceptors (Lipinski definition) is 5. The van der Waals surface area contributed by atoms with Gasteiger partial charge in [0.25, 0.3) is 0 Å². The second-order valence-electron chi connectivity index (χ2n) is 6.25. The summed E-state index contributed by atoms with van der Waals surface area (Å²) in [5, 5.41) is 2.49. The van der Waals surface area contributed by atoms with Gasteiger partial charge in [0.1, 0.15) is 5.60 Å². The minimum absolute atomic E-state index is 0.0508. The molecule has 1 aromatic carbocycles. The molecule has 0 atom stereocenters. The third-order valence-corrected chi connectivity index (χ3v) is 4.75. The number of anilines is 1. The van der Waals surface area contributed by atoms with Gasteiger partial charge in [-0.2, -0.15) is 0 Å². The predicted octanol–water partition coefficient (Wildman–Crippen LogP) is 1.69. The number of hydrogen-bond donors (Lipinski definition) is 3. The maximum Gasteiger partial charge on any atom is 0.407 e. The fourth-order valence-electron chi connectivity index (χ4n) is 1.99. The highest BCUT2D eigenvalue weighted by Gasteiger charge is 2.21. The Labute approximate surface area is 137 Å². The van der Waals surface area contributed by atoms with Crippen molar-refractivity contribution in [3.05, 3.63) is 23.3 Å². The van der Waals surface area contributed by atoms with Crippen LogP contribution in [0.2, 0.25) is 0 Å². The number of carbonyl (C=O) groups is 1. The molecule has 7 nitrogen and oxygen atoms in total. The second kappa shape index (κ2) is 7.18. The van der Waals surface area contributed by atoms with E-state index in [9.17, 15) is 13.2 Å². The lowest BCUT2D eigenvalue weighted by Crippen LogP contribution is -2.38. The number of carbonyl (C=O) groups excluding carboxylic acids is 1. The Morgan fingerprint density at radius 1 is 1.22 bits per heavy atom. The van der Waals surface area contributed by atoms with Gasteiger partial charge < -0.3 is 15.8 Å². The van der Waals surface area contributed by atoms with Crippen LogP contribution in [0.5, 0.6) is 0 Å². The highest BCUT2D eigenvalue weighted by atomic mass is 32.2. The van der Waals surface area contributed by atoms with E-state index in [2.05, 4.69) is 10.0 Å². The molecule has 0 fully saturated rings. The fourth-order valence-corrected chi connectivity index (χ4v) is 3.52. The number of alkyl carbamates (subject to hydrolysis) is 1. The Balaban J connectivity index is 2.65. The maximum atomic E-state index is 12.4. The Morgan fingerprint density at radius 3 is 2.39 bits per heavy atom. The zero-order chi connectivity index (χ0) is 17.8. The summed E-state index contributed by atoms with van der Waals surface area (Å²) < 4.78 is 32.3. The van der Waals surface area contributed by atoms with Gasteiger partial charge in [-0.3, -0.25) is 0 Å². The zero-order valence-corrected chi connectivity index (χ0v) is 15.0. The van der Waals surface area contributed by atoms with E-state index in [1.807, 2.05) is 0 Å². The van der Waals surface area contributed by atoms with E-state index in [-0.39, 0.29) is 18.0 Å². The summed E-state index contributed by atoms with van der Waals surface area (Å²) in [4.78, 5) is 11.7. The number of nitrogens with two attached hydrogens (primary N) is 1. The SMILES string of the molecule is Cc1ccc(N)c(C)c1S(=O)(=O)NCCNC(=O)OC(C)(C)C. The van der Waals surface area contributed by atoms with Crippen LogP contribution in [0.15, 0.2) is 17.0 Å². The van der Waals surface area contributed by atoms with Crippen LogP contribution < -0.4 is 15.8 Å². The molecule has 130 valence electrons. The van der Waals surface area contributed by atoms with E-state index in [0.29, 0.717) is 16.8 Å². The van der Waals surface area contributed by atoms with E-state index in [1.54, 1.807) is 46.8 Å². The zero-order valence-electron chi connectivity index (χ0n) is 14.2. The molecule has 0 unspecified atom stereocenters. The van der Waals surface area contributed by atoms with Crippen LogP contribution in [0.4, 0.5) is 10.5 Å². The van der Waals surface area contributed by atoms with E-state index in [1.165, 1.54) is 0 Å². The van der Waals surface area contributed by atoms with E-state index in [0.717, 1.165) is 0 Å². The van der Waals surface area contributed by atoms with Crippen LogP contribution in [0.3, 0.4) is 0 Å². The van der Waals surface area contributed by atoms with Gasteiger partial charge in [0, 0.05) is 18.8 Å². The molecule has 0 aliphatic rings. The molecular formula is C15H25N3O4S. The molecule has 0 aliphatic carbocycles. The number of nitrogen functional groups attached to an aromatic ring is 1. The van der Waals surface area contributed by atoms with Crippen molar-refractivity contribution in [2.24, 2.45) is 0 Å². The Morgan fingerprint density at radius 2 is 1.83 bits per heavy atom. The lowest BCUT2D eigenvalue weighted by molar-refractivity contribution is 0.0529. The van der Waals surface area contributed by atoms with Gasteiger partial charge >= 0.3 is 6.09 Å². The molecule has 1 aromatic rings. The van der Waals surface area contributed by atoms with Crippen molar-refractivity contribution in [2.75, 3.05) is 18.8 Å². The molecule has 0 saturated heterocycles. The molecule has 1 amide bonds.